The Morgan fingerprint density at radius 1 is 1.31 bits per heavy atom. The summed E-state index contributed by atoms with van der Waals surface area (Å²) >= 11 is 6.08. The number of hydrogen-bond donors (Lipinski definition) is 2. The molecule has 2 unspecified atom stereocenters. The van der Waals surface area contributed by atoms with Gasteiger partial charge in [-0.1, -0.05) is 11.6 Å². The first-order valence-corrected chi connectivity index (χ1v) is 13.0. The van der Waals surface area contributed by atoms with Crippen molar-refractivity contribution in [3.8, 4) is 5.88 Å². The van der Waals surface area contributed by atoms with Gasteiger partial charge < -0.3 is 20.2 Å². The predicted molar refractivity (Wildman–Crippen MR) is 133 cm³/mol. The van der Waals surface area contributed by atoms with E-state index in [1.807, 2.05) is 0 Å². The molecule has 5 rings (SSSR count). The number of nitrogens with one attached hydrogen (secondary N) is 1. The van der Waals surface area contributed by atoms with Crippen LogP contribution in [-0.2, 0) is 15.4 Å². The van der Waals surface area contributed by atoms with E-state index in [4.69, 9.17) is 22.1 Å². The molecule has 0 bridgehead atoms. The topological polar surface area (TPSA) is 141 Å². The van der Waals surface area contributed by atoms with Crippen LogP contribution in [0.3, 0.4) is 0 Å². The van der Waals surface area contributed by atoms with E-state index in [1.165, 1.54) is 6.20 Å². The fraction of sp³-hybridized carbons (Fsp3) is 0.391. The number of carbonyl (C=O) groups is 1. The number of ether oxygens (including phenoxy) is 1. The van der Waals surface area contributed by atoms with Crippen molar-refractivity contribution in [2.45, 2.75) is 49.7 Å². The monoisotopic (exact) mass is 516 g/mol. The third kappa shape index (κ3) is 3.40. The molecular weight excluding hydrogens is 492 g/mol. The van der Waals surface area contributed by atoms with Crippen molar-refractivity contribution < 1.29 is 17.9 Å². The fourth-order valence-corrected chi connectivity index (χ4v) is 7.13. The lowest BCUT2D eigenvalue weighted by Gasteiger charge is -2.43. The standard InChI is InChI=1S/C23H25ClN6O4S/c1-12-18(28-17-6-5-13(24)11-30(12)17)19(31)27-14-9-15-20(26-10-14)34-8-7-16-23(15,4)29-21(25)22(2,3)35(16,32)33/h5-6,9-11,16H,7-8H2,1-4H3,(H2,25,29)(H,27,31). The number of anilines is 1. The van der Waals surface area contributed by atoms with Crippen LogP contribution < -0.4 is 15.8 Å². The Kier molecular flexibility index (Phi) is 5.15. The molecule has 0 saturated carbocycles. The fourth-order valence-electron chi connectivity index (χ4n) is 4.73. The highest BCUT2D eigenvalue weighted by Crippen LogP contribution is 2.47. The highest BCUT2D eigenvalue weighted by Gasteiger charge is 2.57. The molecule has 0 saturated heterocycles. The van der Waals surface area contributed by atoms with Crippen LogP contribution in [0.25, 0.3) is 5.65 Å². The maximum Gasteiger partial charge on any atom is 0.276 e. The number of nitrogens with zero attached hydrogens (tertiary/aromatic N) is 4. The van der Waals surface area contributed by atoms with Crippen molar-refractivity contribution in [3.05, 3.63) is 52.6 Å². The number of imidazole rings is 1. The number of halogens is 1. The van der Waals surface area contributed by atoms with E-state index >= 15 is 0 Å². The predicted octanol–water partition coefficient (Wildman–Crippen LogP) is 2.87. The zero-order chi connectivity index (χ0) is 25.3. The highest BCUT2D eigenvalue weighted by atomic mass is 35.5. The molecular formula is C23H25ClN6O4S. The molecule has 2 aliphatic rings. The molecule has 184 valence electrons. The number of aliphatic imine (C=N–C) groups is 1. The van der Waals surface area contributed by atoms with Crippen molar-refractivity contribution in [1.82, 2.24) is 14.4 Å². The number of aryl methyl sites for hydroxylation is 1. The molecule has 10 nitrogen and oxygen atoms in total. The molecule has 3 aromatic rings. The second-order valence-electron chi connectivity index (χ2n) is 9.48. The largest absolute Gasteiger partial charge is 0.477 e. The molecule has 12 heteroatoms. The second kappa shape index (κ2) is 7.66. The van der Waals surface area contributed by atoms with Gasteiger partial charge in [0.15, 0.2) is 9.84 Å². The van der Waals surface area contributed by atoms with Crippen LogP contribution in [0.15, 0.2) is 35.6 Å². The SMILES string of the molecule is Cc1c(C(=O)Nc2cnc3c(c2)C2(C)N=C(N)C(C)(C)S(=O)(=O)C2CCO3)nc2ccc(Cl)cn12. The van der Waals surface area contributed by atoms with E-state index in [2.05, 4.69) is 20.3 Å². The van der Waals surface area contributed by atoms with Crippen molar-refractivity contribution in [1.29, 1.82) is 0 Å². The lowest BCUT2D eigenvalue weighted by Crippen LogP contribution is -2.59. The minimum Gasteiger partial charge on any atom is -0.477 e. The van der Waals surface area contributed by atoms with E-state index in [1.54, 1.807) is 56.5 Å². The summed E-state index contributed by atoms with van der Waals surface area (Å²) in [6.07, 6.45) is 3.38. The summed E-state index contributed by atoms with van der Waals surface area (Å²) in [7, 11) is -3.71. The zero-order valence-corrected chi connectivity index (χ0v) is 21.2. The molecule has 2 atom stereocenters. The Hall–Kier alpha value is -3.18. The first-order valence-electron chi connectivity index (χ1n) is 11.0. The zero-order valence-electron chi connectivity index (χ0n) is 19.7. The number of pyridine rings is 2. The number of amides is 1. The van der Waals surface area contributed by atoms with Crippen LogP contribution in [0, 0.1) is 6.92 Å². The quantitative estimate of drug-likeness (QED) is 0.533. The van der Waals surface area contributed by atoms with Crippen LogP contribution in [-0.4, -0.2) is 51.1 Å². The van der Waals surface area contributed by atoms with Crippen LogP contribution >= 0.6 is 11.6 Å². The van der Waals surface area contributed by atoms with Gasteiger partial charge in [0.1, 0.15) is 27.5 Å². The first kappa shape index (κ1) is 23.6. The smallest absolute Gasteiger partial charge is 0.276 e. The number of nitrogens with two attached hydrogens (primary N) is 1. The average Bonchev–Trinajstić information content (AvgIpc) is 3.03. The lowest BCUT2D eigenvalue weighted by atomic mass is 9.87. The third-order valence-corrected chi connectivity index (χ3v) is 10.3. The minimum absolute atomic E-state index is 0.0255. The van der Waals surface area contributed by atoms with Gasteiger partial charge in [0.05, 0.1) is 34.5 Å². The summed E-state index contributed by atoms with van der Waals surface area (Å²) in [6, 6.07) is 5.07. The van der Waals surface area contributed by atoms with Crippen LogP contribution in [0.2, 0.25) is 5.02 Å². The Bertz CT molecular complexity index is 1530. The number of fused-ring (bicyclic) bond motifs is 4. The van der Waals surface area contributed by atoms with E-state index in [0.29, 0.717) is 27.6 Å². The van der Waals surface area contributed by atoms with Gasteiger partial charge in [0.2, 0.25) is 5.88 Å². The molecule has 5 heterocycles. The van der Waals surface area contributed by atoms with Gasteiger partial charge in [-0.3, -0.25) is 9.79 Å². The van der Waals surface area contributed by atoms with Gasteiger partial charge in [0.25, 0.3) is 5.91 Å². The van der Waals surface area contributed by atoms with E-state index in [9.17, 15) is 13.2 Å². The van der Waals surface area contributed by atoms with Gasteiger partial charge in [-0.05, 0) is 45.9 Å². The summed E-state index contributed by atoms with van der Waals surface area (Å²) in [5, 5.41) is 2.47. The maximum atomic E-state index is 13.5. The van der Waals surface area contributed by atoms with Crippen molar-refractivity contribution in [3.63, 3.8) is 0 Å². The number of rotatable bonds is 2. The van der Waals surface area contributed by atoms with Crippen molar-refractivity contribution in [2.24, 2.45) is 10.7 Å². The van der Waals surface area contributed by atoms with Crippen molar-refractivity contribution in [2.75, 3.05) is 11.9 Å². The molecule has 0 fully saturated rings. The average molecular weight is 517 g/mol. The Morgan fingerprint density at radius 2 is 2.06 bits per heavy atom. The number of carbonyl (C=O) groups excluding carboxylic acids is 1. The molecule has 1 amide bonds. The molecule has 35 heavy (non-hydrogen) atoms. The molecule has 2 aliphatic heterocycles. The second-order valence-corrected chi connectivity index (χ2v) is 12.6. The molecule has 0 aliphatic carbocycles. The highest BCUT2D eigenvalue weighted by molar-refractivity contribution is 7.94. The third-order valence-electron chi connectivity index (χ3n) is 6.99. The molecule has 3 N–H and O–H groups in total. The van der Waals surface area contributed by atoms with Crippen LogP contribution in [0.4, 0.5) is 5.69 Å². The van der Waals surface area contributed by atoms with Crippen LogP contribution in [0.1, 0.15) is 48.9 Å². The number of sulfone groups is 1. The molecule has 0 spiro atoms. The van der Waals surface area contributed by atoms with Gasteiger partial charge in [-0.25, -0.2) is 18.4 Å². The minimum atomic E-state index is -3.71. The van der Waals surface area contributed by atoms with E-state index in [0.717, 1.165) is 0 Å². The molecule has 3 aromatic heterocycles. The van der Waals surface area contributed by atoms with Gasteiger partial charge in [-0.2, -0.15) is 0 Å². The van der Waals surface area contributed by atoms with Gasteiger partial charge in [0, 0.05) is 18.2 Å². The molecule has 0 radical (unpaired) electrons. The number of aromatic nitrogens is 3. The first-order chi connectivity index (χ1) is 16.4. The summed E-state index contributed by atoms with van der Waals surface area (Å²) in [5.41, 5.74) is 7.17. The Labute approximate surface area is 207 Å². The maximum absolute atomic E-state index is 13.5. The Balaban J connectivity index is 1.56. The van der Waals surface area contributed by atoms with E-state index in [-0.39, 0.29) is 30.4 Å². The van der Waals surface area contributed by atoms with Gasteiger partial charge in [-0.15, -0.1) is 0 Å². The lowest BCUT2D eigenvalue weighted by molar-refractivity contribution is 0.102. The number of hydrogen-bond acceptors (Lipinski definition) is 8. The summed E-state index contributed by atoms with van der Waals surface area (Å²) < 4.78 is 33.3. The Morgan fingerprint density at radius 3 is 2.80 bits per heavy atom. The van der Waals surface area contributed by atoms with Gasteiger partial charge >= 0.3 is 0 Å². The normalized spacial score (nSPS) is 24.5. The molecule has 0 aromatic carbocycles. The number of amidine groups is 1. The summed E-state index contributed by atoms with van der Waals surface area (Å²) in [4.78, 5) is 26.5. The summed E-state index contributed by atoms with van der Waals surface area (Å²) in [6.45, 7) is 6.78. The summed E-state index contributed by atoms with van der Waals surface area (Å²) in [5.74, 6) is -0.156. The van der Waals surface area contributed by atoms with E-state index < -0.39 is 31.3 Å². The van der Waals surface area contributed by atoms with Crippen LogP contribution in [0.5, 0.6) is 5.88 Å². The van der Waals surface area contributed by atoms with Crippen molar-refractivity contribution >= 4 is 44.5 Å².